The molecule has 12 heavy (non-hydrogen) atoms. The summed E-state index contributed by atoms with van der Waals surface area (Å²) in [5.74, 6) is -0.105. The molecule has 0 bridgehead atoms. The van der Waals surface area contributed by atoms with Gasteiger partial charge in [-0.25, -0.2) is 0 Å². The summed E-state index contributed by atoms with van der Waals surface area (Å²) in [6, 6.07) is -0.322. The summed E-state index contributed by atoms with van der Waals surface area (Å²) in [5, 5.41) is 2.53. The van der Waals surface area contributed by atoms with Crippen LogP contribution in [0.25, 0.3) is 0 Å². The topological polar surface area (TPSA) is 49.4 Å². The Hall–Kier alpha value is -1.06. The smallest absolute Gasteiger partial charge is 0.242 e. The van der Waals surface area contributed by atoms with Gasteiger partial charge >= 0.3 is 0 Å². The molecule has 0 unspecified atom stereocenters. The van der Waals surface area contributed by atoms with Crippen molar-refractivity contribution in [3.63, 3.8) is 0 Å². The minimum absolute atomic E-state index is 0.105. The van der Waals surface area contributed by atoms with E-state index in [0.29, 0.717) is 12.8 Å². The van der Waals surface area contributed by atoms with Gasteiger partial charge in [0.25, 0.3) is 0 Å². The van der Waals surface area contributed by atoms with Crippen molar-refractivity contribution in [1.29, 1.82) is 0 Å². The number of carbonyl (C=O) groups excluding carboxylic acids is 2. The molecule has 0 aromatic heterocycles. The van der Waals surface area contributed by atoms with Gasteiger partial charge < -0.3 is 10.2 Å². The fourth-order valence-corrected chi connectivity index (χ4v) is 1.03. The molecule has 0 saturated heterocycles. The number of carbonyl (C=O) groups is 2. The maximum absolute atomic E-state index is 11.2. The van der Waals surface area contributed by atoms with Gasteiger partial charge in [0.15, 0.2) is 0 Å². The molecule has 0 aliphatic rings. The fourth-order valence-electron chi connectivity index (χ4n) is 1.03. The number of hydrogen-bond donors (Lipinski definition) is 1. The second kappa shape index (κ2) is 5.57. The van der Waals surface area contributed by atoms with Crippen molar-refractivity contribution in [2.45, 2.75) is 25.8 Å². The Balaban J connectivity index is 4.20. The molecule has 70 valence electrons. The Bertz CT molecular complexity index is 159. The minimum atomic E-state index is -0.322. The fraction of sp³-hybridized carbons (Fsp3) is 0.750. The summed E-state index contributed by atoms with van der Waals surface area (Å²) in [7, 11) is 3.19. The molecule has 1 atom stereocenters. The lowest BCUT2D eigenvalue weighted by Crippen LogP contribution is -2.43. The zero-order valence-corrected chi connectivity index (χ0v) is 7.83. The number of rotatable bonds is 5. The average molecular weight is 172 g/mol. The SMILES string of the molecule is CCC[C@@H](C(=O)NC)N(C)C=O. The molecule has 0 rings (SSSR count). The Kier molecular flexibility index (Phi) is 5.08. The highest BCUT2D eigenvalue weighted by Crippen LogP contribution is 2.02. The van der Waals surface area contributed by atoms with Crippen LogP contribution < -0.4 is 5.32 Å². The maximum Gasteiger partial charge on any atom is 0.242 e. The van der Waals surface area contributed by atoms with Crippen LogP contribution in [0.15, 0.2) is 0 Å². The van der Waals surface area contributed by atoms with E-state index >= 15 is 0 Å². The first kappa shape index (κ1) is 10.9. The van der Waals surface area contributed by atoms with Gasteiger partial charge in [0.1, 0.15) is 6.04 Å². The van der Waals surface area contributed by atoms with Crippen molar-refractivity contribution in [3.8, 4) is 0 Å². The van der Waals surface area contributed by atoms with E-state index in [0.717, 1.165) is 6.42 Å². The highest BCUT2D eigenvalue weighted by atomic mass is 16.2. The molecule has 4 heteroatoms. The molecule has 0 aromatic rings. The second-order valence-electron chi connectivity index (χ2n) is 2.69. The molecule has 4 nitrogen and oxygen atoms in total. The molecular weight excluding hydrogens is 156 g/mol. The summed E-state index contributed by atoms with van der Waals surface area (Å²) in [5.41, 5.74) is 0. The molecule has 0 aromatic carbocycles. The lowest BCUT2D eigenvalue weighted by atomic mass is 10.1. The molecule has 0 radical (unpaired) electrons. The molecule has 0 aliphatic heterocycles. The largest absolute Gasteiger partial charge is 0.357 e. The number of nitrogens with one attached hydrogen (secondary N) is 1. The maximum atomic E-state index is 11.2. The van der Waals surface area contributed by atoms with Gasteiger partial charge in [0.2, 0.25) is 12.3 Å². The van der Waals surface area contributed by atoms with Crippen molar-refractivity contribution in [2.24, 2.45) is 0 Å². The van der Waals surface area contributed by atoms with Gasteiger partial charge in [-0.3, -0.25) is 9.59 Å². The van der Waals surface area contributed by atoms with Crippen LogP contribution in [0.2, 0.25) is 0 Å². The van der Waals surface area contributed by atoms with Crippen LogP contribution in [0, 0.1) is 0 Å². The first-order valence-electron chi connectivity index (χ1n) is 4.06. The van der Waals surface area contributed by atoms with Crippen molar-refractivity contribution in [2.75, 3.05) is 14.1 Å². The standard InChI is InChI=1S/C8H16N2O2/c1-4-5-7(8(12)9-2)10(3)6-11/h6-7H,4-5H2,1-3H3,(H,9,12)/t7-/m0/s1. The third kappa shape index (κ3) is 2.90. The molecule has 1 N–H and O–H groups in total. The van der Waals surface area contributed by atoms with Crippen LogP contribution in [0.5, 0.6) is 0 Å². The van der Waals surface area contributed by atoms with Gasteiger partial charge in [-0.2, -0.15) is 0 Å². The van der Waals surface area contributed by atoms with Crippen molar-refractivity contribution >= 4 is 12.3 Å². The first-order chi connectivity index (χ1) is 5.67. The van der Waals surface area contributed by atoms with Crippen molar-refractivity contribution < 1.29 is 9.59 Å². The van der Waals surface area contributed by atoms with E-state index in [2.05, 4.69) is 5.32 Å². The molecule has 0 saturated carbocycles. The van der Waals surface area contributed by atoms with E-state index in [1.165, 1.54) is 4.90 Å². The van der Waals surface area contributed by atoms with Gasteiger partial charge in [-0.05, 0) is 6.42 Å². The quantitative estimate of drug-likeness (QED) is 0.593. The normalized spacial score (nSPS) is 11.9. The van der Waals surface area contributed by atoms with Crippen LogP contribution in [0.1, 0.15) is 19.8 Å². The van der Waals surface area contributed by atoms with Crippen LogP contribution in [0.3, 0.4) is 0 Å². The van der Waals surface area contributed by atoms with E-state index in [1.54, 1.807) is 14.1 Å². The van der Waals surface area contributed by atoms with Crippen LogP contribution >= 0.6 is 0 Å². The molecule has 0 fully saturated rings. The Morgan fingerprint density at radius 3 is 2.58 bits per heavy atom. The van der Waals surface area contributed by atoms with Crippen LogP contribution in [-0.4, -0.2) is 37.4 Å². The Morgan fingerprint density at radius 2 is 2.25 bits per heavy atom. The summed E-state index contributed by atoms with van der Waals surface area (Å²) in [4.78, 5) is 23.0. The number of amides is 2. The second-order valence-corrected chi connectivity index (χ2v) is 2.69. The van der Waals surface area contributed by atoms with Crippen molar-refractivity contribution in [3.05, 3.63) is 0 Å². The molecular formula is C8H16N2O2. The third-order valence-corrected chi connectivity index (χ3v) is 1.77. The summed E-state index contributed by atoms with van der Waals surface area (Å²) >= 11 is 0. The van der Waals surface area contributed by atoms with Gasteiger partial charge in [-0.15, -0.1) is 0 Å². The summed E-state index contributed by atoms with van der Waals surface area (Å²) in [6.07, 6.45) is 2.26. The monoisotopic (exact) mass is 172 g/mol. The van der Waals surface area contributed by atoms with Crippen LogP contribution in [-0.2, 0) is 9.59 Å². The van der Waals surface area contributed by atoms with Gasteiger partial charge in [0, 0.05) is 14.1 Å². The van der Waals surface area contributed by atoms with E-state index in [9.17, 15) is 9.59 Å². The summed E-state index contributed by atoms with van der Waals surface area (Å²) in [6.45, 7) is 1.98. The predicted molar refractivity (Wildman–Crippen MR) is 46.6 cm³/mol. The van der Waals surface area contributed by atoms with E-state index in [-0.39, 0.29) is 11.9 Å². The zero-order valence-electron chi connectivity index (χ0n) is 7.83. The highest BCUT2D eigenvalue weighted by Gasteiger charge is 2.19. The van der Waals surface area contributed by atoms with Gasteiger partial charge in [0.05, 0.1) is 0 Å². The van der Waals surface area contributed by atoms with E-state index in [4.69, 9.17) is 0 Å². The molecule has 0 spiro atoms. The average Bonchev–Trinajstić information content (AvgIpc) is 2.11. The third-order valence-electron chi connectivity index (χ3n) is 1.77. The number of nitrogens with zero attached hydrogens (tertiary/aromatic N) is 1. The predicted octanol–water partition coefficient (Wildman–Crippen LogP) is -0.0107. The molecule has 0 heterocycles. The lowest BCUT2D eigenvalue weighted by molar-refractivity contribution is -0.131. The van der Waals surface area contributed by atoms with Crippen LogP contribution in [0.4, 0.5) is 0 Å². The Morgan fingerprint density at radius 1 is 1.67 bits per heavy atom. The molecule has 2 amide bonds. The minimum Gasteiger partial charge on any atom is -0.357 e. The lowest BCUT2D eigenvalue weighted by Gasteiger charge is -2.21. The van der Waals surface area contributed by atoms with E-state index in [1.807, 2.05) is 6.92 Å². The van der Waals surface area contributed by atoms with Gasteiger partial charge in [-0.1, -0.05) is 13.3 Å². The number of likely N-dealkylation sites (N-methyl/N-ethyl adjacent to an activating group) is 2. The highest BCUT2D eigenvalue weighted by molar-refractivity contribution is 5.83. The number of hydrogen-bond acceptors (Lipinski definition) is 2. The van der Waals surface area contributed by atoms with Crippen molar-refractivity contribution in [1.82, 2.24) is 10.2 Å². The summed E-state index contributed by atoms with van der Waals surface area (Å²) < 4.78 is 0. The molecule has 0 aliphatic carbocycles. The Labute approximate surface area is 72.9 Å². The van der Waals surface area contributed by atoms with E-state index < -0.39 is 0 Å². The first-order valence-corrected chi connectivity index (χ1v) is 4.06. The zero-order chi connectivity index (χ0) is 9.56.